The molecule has 0 spiro atoms. The highest BCUT2D eigenvalue weighted by atomic mass is 32.1. The van der Waals surface area contributed by atoms with Gasteiger partial charge in [-0.3, -0.25) is 4.79 Å². The number of carbonyl (C=O) groups is 1. The van der Waals surface area contributed by atoms with Crippen LogP contribution in [-0.4, -0.2) is 22.3 Å². The molecule has 0 radical (unpaired) electrons. The number of benzene rings is 1. The van der Waals surface area contributed by atoms with Gasteiger partial charge in [0, 0.05) is 24.5 Å². The quantitative estimate of drug-likeness (QED) is 0.849. The highest BCUT2D eigenvalue weighted by Crippen LogP contribution is 2.34. The average molecular weight is 318 g/mol. The van der Waals surface area contributed by atoms with E-state index in [4.69, 9.17) is 0 Å². The molecule has 22 heavy (non-hydrogen) atoms. The van der Waals surface area contributed by atoms with Gasteiger partial charge in [-0.05, 0) is 36.5 Å². The first-order chi connectivity index (χ1) is 10.6. The third-order valence-corrected chi connectivity index (χ3v) is 5.11. The molecular weight excluding hydrogens is 299 g/mol. The fourth-order valence-corrected chi connectivity index (χ4v) is 3.79. The van der Waals surface area contributed by atoms with Gasteiger partial charge in [-0.2, -0.15) is 0 Å². The van der Waals surface area contributed by atoms with Gasteiger partial charge in [-0.15, -0.1) is 11.3 Å². The molecule has 0 bridgehead atoms. The highest BCUT2D eigenvalue weighted by Gasteiger charge is 2.32. The number of hydrogen-bond acceptors (Lipinski definition) is 3. The molecule has 1 aromatic heterocycles. The zero-order valence-corrected chi connectivity index (χ0v) is 13.4. The molecule has 0 N–H and O–H groups in total. The number of thiazole rings is 1. The van der Waals surface area contributed by atoms with Gasteiger partial charge in [0.05, 0.1) is 6.04 Å². The number of amides is 1. The Labute approximate surface area is 133 Å². The summed E-state index contributed by atoms with van der Waals surface area (Å²) < 4.78 is 13.0. The van der Waals surface area contributed by atoms with E-state index >= 15 is 0 Å². The number of rotatable bonds is 4. The summed E-state index contributed by atoms with van der Waals surface area (Å²) in [5, 5.41) is 2.98. The van der Waals surface area contributed by atoms with Crippen LogP contribution >= 0.6 is 11.3 Å². The number of nitrogens with zero attached hydrogens (tertiary/aromatic N) is 2. The van der Waals surface area contributed by atoms with Crippen LogP contribution in [-0.2, 0) is 4.79 Å². The Morgan fingerprint density at radius 1 is 1.45 bits per heavy atom. The molecule has 1 aliphatic heterocycles. The Kier molecular flexibility index (Phi) is 4.52. The molecule has 1 saturated heterocycles. The van der Waals surface area contributed by atoms with E-state index in [1.165, 1.54) is 12.1 Å². The van der Waals surface area contributed by atoms with Gasteiger partial charge in [0.15, 0.2) is 0 Å². The van der Waals surface area contributed by atoms with Crippen LogP contribution in [0.1, 0.15) is 48.7 Å². The predicted molar refractivity (Wildman–Crippen MR) is 85.2 cm³/mol. The van der Waals surface area contributed by atoms with Crippen LogP contribution in [0.4, 0.5) is 4.39 Å². The van der Waals surface area contributed by atoms with Crippen molar-refractivity contribution >= 4 is 17.2 Å². The molecule has 1 aromatic carbocycles. The largest absolute Gasteiger partial charge is 0.333 e. The lowest BCUT2D eigenvalue weighted by Gasteiger charge is -2.24. The van der Waals surface area contributed by atoms with Crippen molar-refractivity contribution in [3.05, 3.63) is 52.2 Å². The van der Waals surface area contributed by atoms with E-state index in [0.717, 1.165) is 30.0 Å². The van der Waals surface area contributed by atoms with E-state index < -0.39 is 0 Å². The molecule has 2 aromatic rings. The van der Waals surface area contributed by atoms with Crippen LogP contribution < -0.4 is 0 Å². The summed E-state index contributed by atoms with van der Waals surface area (Å²) >= 11 is 1.61. The second-order valence-electron chi connectivity index (χ2n) is 5.77. The van der Waals surface area contributed by atoms with E-state index in [2.05, 4.69) is 4.98 Å². The van der Waals surface area contributed by atoms with Crippen LogP contribution in [0.15, 0.2) is 35.8 Å². The van der Waals surface area contributed by atoms with Crippen LogP contribution in [0.2, 0.25) is 0 Å². The maximum absolute atomic E-state index is 13.0. The second-order valence-corrected chi connectivity index (χ2v) is 6.70. The molecule has 2 unspecified atom stereocenters. The highest BCUT2D eigenvalue weighted by molar-refractivity contribution is 7.09. The Bertz CT molecular complexity index is 627. The van der Waals surface area contributed by atoms with E-state index in [1.807, 2.05) is 17.2 Å². The molecule has 2 heterocycles. The normalized spacial score (nSPS) is 19.4. The van der Waals surface area contributed by atoms with Crippen molar-refractivity contribution in [2.75, 3.05) is 6.54 Å². The number of hydrogen-bond donors (Lipinski definition) is 0. The van der Waals surface area contributed by atoms with Gasteiger partial charge in [0.25, 0.3) is 0 Å². The van der Waals surface area contributed by atoms with Gasteiger partial charge in [-0.1, -0.05) is 19.1 Å². The standard InChI is InChI=1S/C17H19FN2OS/c1-12(13-4-6-14(18)7-5-13)11-16(21)20-9-2-3-15(20)17-19-8-10-22-17/h4-8,10,12,15H,2-3,9,11H2,1H3. The summed E-state index contributed by atoms with van der Waals surface area (Å²) in [6, 6.07) is 6.55. The Morgan fingerprint density at radius 3 is 2.91 bits per heavy atom. The number of aromatic nitrogens is 1. The summed E-state index contributed by atoms with van der Waals surface area (Å²) in [5.74, 6) is 0.00539. The van der Waals surface area contributed by atoms with Crippen LogP contribution in [0, 0.1) is 5.82 Å². The van der Waals surface area contributed by atoms with Crippen LogP contribution in [0.3, 0.4) is 0 Å². The van der Waals surface area contributed by atoms with E-state index in [0.29, 0.717) is 6.42 Å². The number of carbonyl (C=O) groups excluding carboxylic acids is 1. The fraction of sp³-hybridized carbons (Fsp3) is 0.412. The third-order valence-electron chi connectivity index (χ3n) is 4.23. The summed E-state index contributed by atoms with van der Waals surface area (Å²) in [6.45, 7) is 2.82. The van der Waals surface area contributed by atoms with E-state index in [-0.39, 0.29) is 23.7 Å². The maximum atomic E-state index is 13.0. The summed E-state index contributed by atoms with van der Waals surface area (Å²) in [6.07, 6.45) is 4.26. The second kappa shape index (κ2) is 6.57. The van der Waals surface area contributed by atoms with E-state index in [9.17, 15) is 9.18 Å². The average Bonchev–Trinajstić information content (AvgIpc) is 3.18. The first kappa shape index (κ1) is 15.2. The summed E-state index contributed by atoms with van der Waals surface area (Å²) in [5.41, 5.74) is 1.000. The zero-order valence-electron chi connectivity index (χ0n) is 12.5. The molecule has 3 nitrogen and oxygen atoms in total. The SMILES string of the molecule is CC(CC(=O)N1CCCC1c1nccs1)c1ccc(F)cc1. The molecular formula is C17H19FN2OS. The van der Waals surface area contributed by atoms with Crippen molar-refractivity contribution in [1.82, 2.24) is 9.88 Å². The zero-order chi connectivity index (χ0) is 15.5. The first-order valence-electron chi connectivity index (χ1n) is 7.59. The number of halogens is 1. The van der Waals surface area contributed by atoms with E-state index in [1.54, 1.807) is 29.7 Å². The molecule has 2 atom stereocenters. The molecule has 5 heteroatoms. The first-order valence-corrected chi connectivity index (χ1v) is 8.47. The van der Waals surface area contributed by atoms with Crippen LogP contribution in [0.5, 0.6) is 0 Å². The summed E-state index contributed by atoms with van der Waals surface area (Å²) in [4.78, 5) is 18.9. The molecule has 0 aliphatic carbocycles. The van der Waals surface area contributed by atoms with Crippen molar-refractivity contribution in [2.24, 2.45) is 0 Å². The van der Waals surface area contributed by atoms with Gasteiger partial charge in [0.2, 0.25) is 5.91 Å². The molecule has 116 valence electrons. The molecule has 1 fully saturated rings. The predicted octanol–water partition coefficient (Wildman–Crippen LogP) is 4.14. The minimum absolute atomic E-state index is 0.0886. The van der Waals surface area contributed by atoms with Crippen molar-refractivity contribution in [3.63, 3.8) is 0 Å². The van der Waals surface area contributed by atoms with Gasteiger partial charge >= 0.3 is 0 Å². The lowest BCUT2D eigenvalue weighted by Crippen LogP contribution is -2.31. The maximum Gasteiger partial charge on any atom is 0.223 e. The van der Waals surface area contributed by atoms with Gasteiger partial charge < -0.3 is 4.90 Å². The van der Waals surface area contributed by atoms with Crippen LogP contribution in [0.25, 0.3) is 0 Å². The lowest BCUT2D eigenvalue weighted by molar-refractivity contribution is -0.132. The van der Waals surface area contributed by atoms with Crippen molar-refractivity contribution in [1.29, 1.82) is 0 Å². The Balaban J connectivity index is 1.67. The molecule has 3 rings (SSSR count). The smallest absolute Gasteiger partial charge is 0.223 e. The number of likely N-dealkylation sites (tertiary alicyclic amines) is 1. The lowest BCUT2D eigenvalue weighted by atomic mass is 9.97. The van der Waals surface area contributed by atoms with Crippen molar-refractivity contribution in [3.8, 4) is 0 Å². The van der Waals surface area contributed by atoms with Gasteiger partial charge in [0.1, 0.15) is 10.8 Å². The Hall–Kier alpha value is -1.75. The van der Waals surface area contributed by atoms with Crippen molar-refractivity contribution < 1.29 is 9.18 Å². The molecule has 1 aliphatic rings. The minimum Gasteiger partial charge on any atom is -0.333 e. The minimum atomic E-state index is -0.245. The summed E-state index contributed by atoms with van der Waals surface area (Å²) in [7, 11) is 0. The molecule has 1 amide bonds. The monoisotopic (exact) mass is 318 g/mol. The fourth-order valence-electron chi connectivity index (χ4n) is 3.01. The topological polar surface area (TPSA) is 33.2 Å². The molecule has 0 saturated carbocycles. The third kappa shape index (κ3) is 3.19. The Morgan fingerprint density at radius 2 is 2.23 bits per heavy atom. The van der Waals surface area contributed by atoms with Crippen molar-refractivity contribution in [2.45, 2.75) is 38.1 Å². The van der Waals surface area contributed by atoms with Gasteiger partial charge in [-0.25, -0.2) is 9.37 Å².